The molecule has 0 saturated carbocycles. The van der Waals surface area contributed by atoms with E-state index < -0.39 is 0 Å². The second-order valence-corrected chi connectivity index (χ2v) is 3.80. The summed E-state index contributed by atoms with van der Waals surface area (Å²) in [6.45, 7) is 2.92. The number of rotatable bonds is 3. The predicted octanol–water partition coefficient (Wildman–Crippen LogP) is 2.44. The second kappa shape index (κ2) is 3.75. The quantitative estimate of drug-likeness (QED) is 0.723. The zero-order valence-electron chi connectivity index (χ0n) is 7.80. The molecule has 0 radical (unpaired) electrons. The van der Waals surface area contributed by atoms with Crippen molar-refractivity contribution in [2.45, 2.75) is 13.5 Å². The van der Waals surface area contributed by atoms with Crippen LogP contribution in [0.4, 0.5) is 0 Å². The Kier molecular flexibility index (Phi) is 2.45. The third-order valence-corrected chi connectivity index (χ3v) is 2.94. The largest absolute Gasteiger partial charge is 0.331 e. The number of hydrogen-bond donors (Lipinski definition) is 0. The van der Waals surface area contributed by atoms with Crippen LogP contribution in [0.3, 0.4) is 0 Å². The summed E-state index contributed by atoms with van der Waals surface area (Å²) in [5.41, 5.74) is 0.928. The fourth-order valence-corrected chi connectivity index (χ4v) is 2.10. The van der Waals surface area contributed by atoms with Crippen molar-refractivity contribution in [1.82, 2.24) is 9.55 Å². The van der Waals surface area contributed by atoms with Gasteiger partial charge in [-0.2, -0.15) is 0 Å². The van der Waals surface area contributed by atoms with E-state index in [0.29, 0.717) is 0 Å². The monoisotopic (exact) mass is 206 g/mol. The maximum atomic E-state index is 10.8. The number of hydrogen-bond acceptors (Lipinski definition) is 3. The molecule has 0 saturated heterocycles. The van der Waals surface area contributed by atoms with Gasteiger partial charge in [-0.3, -0.25) is 4.79 Å². The van der Waals surface area contributed by atoms with Gasteiger partial charge in [-0.05, 0) is 18.4 Å². The molecule has 0 N–H and O–H groups in total. The summed E-state index contributed by atoms with van der Waals surface area (Å²) >= 11 is 1.45. The number of nitrogens with zero attached hydrogens (tertiary/aromatic N) is 2. The van der Waals surface area contributed by atoms with Gasteiger partial charge in [-0.25, -0.2) is 4.98 Å². The van der Waals surface area contributed by atoms with Crippen LogP contribution in [0.2, 0.25) is 0 Å². The molecule has 72 valence electrons. The van der Waals surface area contributed by atoms with Gasteiger partial charge >= 0.3 is 0 Å². The molecule has 4 heteroatoms. The Morgan fingerprint density at radius 1 is 1.64 bits per heavy atom. The first-order valence-corrected chi connectivity index (χ1v) is 5.29. The second-order valence-electron chi connectivity index (χ2n) is 2.85. The van der Waals surface area contributed by atoms with Gasteiger partial charge in [0.15, 0.2) is 6.29 Å². The third kappa shape index (κ3) is 1.37. The van der Waals surface area contributed by atoms with Gasteiger partial charge in [0.1, 0.15) is 5.82 Å². The minimum absolute atomic E-state index is 0.742. The predicted molar refractivity (Wildman–Crippen MR) is 56.6 cm³/mol. The lowest BCUT2D eigenvalue weighted by Gasteiger charge is -2.02. The topological polar surface area (TPSA) is 34.9 Å². The summed E-state index contributed by atoms with van der Waals surface area (Å²) < 4.78 is 2.02. The van der Waals surface area contributed by atoms with E-state index in [2.05, 4.69) is 11.9 Å². The summed E-state index contributed by atoms with van der Waals surface area (Å²) in [4.78, 5) is 15.7. The normalized spacial score (nSPS) is 10.4. The van der Waals surface area contributed by atoms with E-state index >= 15 is 0 Å². The highest BCUT2D eigenvalue weighted by molar-refractivity contribution is 7.12. The van der Waals surface area contributed by atoms with Gasteiger partial charge in [0, 0.05) is 24.5 Å². The van der Waals surface area contributed by atoms with Crippen molar-refractivity contribution in [3.8, 4) is 11.4 Å². The maximum absolute atomic E-state index is 10.8. The van der Waals surface area contributed by atoms with Crippen LogP contribution in [0.1, 0.15) is 16.6 Å². The molecule has 2 rings (SSSR count). The highest BCUT2D eigenvalue weighted by Crippen LogP contribution is 2.25. The highest BCUT2D eigenvalue weighted by Gasteiger charge is 2.10. The zero-order chi connectivity index (χ0) is 9.97. The average molecular weight is 206 g/mol. The number of thiophene rings is 1. The van der Waals surface area contributed by atoms with Gasteiger partial charge < -0.3 is 4.57 Å². The Morgan fingerprint density at radius 2 is 2.50 bits per heavy atom. The SMILES string of the molecule is CCn1ccnc1-c1ccsc1C=O. The summed E-state index contributed by atoms with van der Waals surface area (Å²) in [6.07, 6.45) is 4.56. The third-order valence-electron chi connectivity index (χ3n) is 2.10. The number of imidazole rings is 1. The van der Waals surface area contributed by atoms with Crippen LogP contribution in [0.15, 0.2) is 23.8 Å². The van der Waals surface area contributed by atoms with Crippen LogP contribution in [0.25, 0.3) is 11.4 Å². The molecule has 0 bridgehead atoms. The molecular weight excluding hydrogens is 196 g/mol. The molecule has 14 heavy (non-hydrogen) atoms. The summed E-state index contributed by atoms with van der Waals surface area (Å²) in [5.74, 6) is 0.871. The molecule has 2 aromatic heterocycles. The number of aromatic nitrogens is 2. The summed E-state index contributed by atoms with van der Waals surface area (Å²) in [7, 11) is 0. The van der Waals surface area contributed by atoms with Crippen molar-refractivity contribution in [1.29, 1.82) is 0 Å². The number of carbonyl (C=O) groups excluding carboxylic acids is 1. The first-order chi connectivity index (χ1) is 6.86. The molecule has 0 aliphatic carbocycles. The van der Waals surface area contributed by atoms with Crippen molar-refractivity contribution < 1.29 is 4.79 Å². The minimum atomic E-state index is 0.742. The maximum Gasteiger partial charge on any atom is 0.160 e. The highest BCUT2D eigenvalue weighted by atomic mass is 32.1. The molecule has 0 aromatic carbocycles. The summed E-state index contributed by atoms with van der Waals surface area (Å²) in [6, 6.07) is 1.93. The van der Waals surface area contributed by atoms with Crippen LogP contribution in [0, 0.1) is 0 Å². The smallest absolute Gasteiger partial charge is 0.160 e. The zero-order valence-corrected chi connectivity index (χ0v) is 8.62. The van der Waals surface area contributed by atoms with Crippen molar-refractivity contribution in [2.75, 3.05) is 0 Å². The van der Waals surface area contributed by atoms with Crippen LogP contribution in [-0.2, 0) is 6.54 Å². The lowest BCUT2D eigenvalue weighted by molar-refractivity contribution is 0.112. The van der Waals surface area contributed by atoms with Crippen molar-refractivity contribution in [2.24, 2.45) is 0 Å². The van der Waals surface area contributed by atoms with E-state index in [1.54, 1.807) is 6.20 Å². The average Bonchev–Trinajstić information content (AvgIpc) is 2.85. The first kappa shape index (κ1) is 9.15. The van der Waals surface area contributed by atoms with Gasteiger partial charge in [0.05, 0.1) is 4.88 Å². The molecule has 0 fully saturated rings. The van der Waals surface area contributed by atoms with Crippen LogP contribution >= 0.6 is 11.3 Å². The fourth-order valence-electron chi connectivity index (χ4n) is 1.41. The first-order valence-electron chi connectivity index (χ1n) is 4.41. The molecule has 0 aliphatic heterocycles. The molecule has 0 spiro atoms. The molecule has 2 heterocycles. The Hall–Kier alpha value is -1.42. The fraction of sp³-hybridized carbons (Fsp3) is 0.200. The molecule has 2 aromatic rings. The van der Waals surface area contributed by atoms with Crippen molar-refractivity contribution in [3.63, 3.8) is 0 Å². The Labute approximate surface area is 86.0 Å². The molecule has 3 nitrogen and oxygen atoms in total. The van der Waals surface area contributed by atoms with Gasteiger partial charge in [0.2, 0.25) is 0 Å². The Morgan fingerprint density at radius 3 is 3.21 bits per heavy atom. The molecule has 0 atom stereocenters. The van der Waals surface area contributed by atoms with E-state index in [-0.39, 0.29) is 0 Å². The standard InChI is InChI=1S/C10H10N2OS/c1-2-12-5-4-11-10(12)8-3-6-14-9(8)7-13/h3-7H,2H2,1H3. The lowest BCUT2D eigenvalue weighted by atomic mass is 10.2. The minimum Gasteiger partial charge on any atom is -0.331 e. The van der Waals surface area contributed by atoms with E-state index in [1.807, 2.05) is 22.2 Å². The number of aryl methyl sites for hydroxylation is 1. The van der Waals surface area contributed by atoms with E-state index in [0.717, 1.165) is 29.1 Å². The van der Waals surface area contributed by atoms with Crippen molar-refractivity contribution >= 4 is 17.6 Å². The van der Waals surface area contributed by atoms with E-state index in [4.69, 9.17) is 0 Å². The van der Waals surface area contributed by atoms with Gasteiger partial charge in [0.25, 0.3) is 0 Å². The van der Waals surface area contributed by atoms with Crippen LogP contribution in [-0.4, -0.2) is 15.8 Å². The summed E-state index contributed by atoms with van der Waals surface area (Å²) in [5, 5.41) is 1.91. The Bertz CT molecular complexity index is 444. The molecular formula is C10H10N2OS. The van der Waals surface area contributed by atoms with E-state index in [1.165, 1.54) is 11.3 Å². The molecule has 0 aliphatic rings. The van der Waals surface area contributed by atoms with Crippen LogP contribution < -0.4 is 0 Å². The van der Waals surface area contributed by atoms with Crippen LogP contribution in [0.5, 0.6) is 0 Å². The Balaban J connectivity index is 2.53. The molecule has 0 unspecified atom stereocenters. The van der Waals surface area contributed by atoms with Gasteiger partial charge in [-0.15, -0.1) is 11.3 Å². The molecule has 0 amide bonds. The number of aldehydes is 1. The van der Waals surface area contributed by atoms with Gasteiger partial charge in [-0.1, -0.05) is 0 Å². The van der Waals surface area contributed by atoms with Crippen molar-refractivity contribution in [3.05, 3.63) is 28.7 Å². The number of carbonyl (C=O) groups is 1. The lowest BCUT2D eigenvalue weighted by Crippen LogP contribution is -1.96. The van der Waals surface area contributed by atoms with E-state index in [9.17, 15) is 4.79 Å².